The molecule has 0 bridgehead atoms. The zero-order valence-corrected chi connectivity index (χ0v) is 11.4. The molecule has 3 rings (SSSR count). The Hall–Kier alpha value is -0.870. The molecular formula is C12H11BrClN3. The second-order valence-corrected chi connectivity index (χ2v) is 5.37. The fourth-order valence-corrected chi connectivity index (χ4v) is 2.54. The highest BCUT2D eigenvalue weighted by molar-refractivity contribution is 9.10. The van der Waals surface area contributed by atoms with Crippen LogP contribution in [-0.2, 0) is 5.88 Å². The highest BCUT2D eigenvalue weighted by Gasteiger charge is 2.29. The maximum Gasteiger partial charge on any atom is 0.164 e. The summed E-state index contributed by atoms with van der Waals surface area (Å²) in [5.41, 5.74) is 1.08. The van der Waals surface area contributed by atoms with Crippen LogP contribution in [-0.4, -0.2) is 14.8 Å². The smallest absolute Gasteiger partial charge is 0.164 e. The molecule has 1 heterocycles. The molecule has 0 radical (unpaired) electrons. The van der Waals surface area contributed by atoms with Crippen LogP contribution in [0.4, 0.5) is 0 Å². The van der Waals surface area contributed by atoms with Gasteiger partial charge in [-0.1, -0.05) is 28.1 Å². The molecular weight excluding hydrogens is 302 g/mol. The quantitative estimate of drug-likeness (QED) is 0.808. The van der Waals surface area contributed by atoms with Crippen molar-refractivity contribution in [1.29, 1.82) is 0 Å². The van der Waals surface area contributed by atoms with Gasteiger partial charge in [-0.2, -0.15) is 0 Å². The van der Waals surface area contributed by atoms with Crippen molar-refractivity contribution in [2.75, 3.05) is 0 Å². The zero-order chi connectivity index (χ0) is 11.8. The molecule has 3 nitrogen and oxygen atoms in total. The lowest BCUT2D eigenvalue weighted by Crippen LogP contribution is -2.01. The molecule has 1 aromatic heterocycles. The Labute approximate surface area is 113 Å². The van der Waals surface area contributed by atoms with Crippen molar-refractivity contribution in [3.05, 3.63) is 34.6 Å². The van der Waals surface area contributed by atoms with Gasteiger partial charge in [-0.25, -0.2) is 0 Å². The molecule has 1 aliphatic rings. The topological polar surface area (TPSA) is 30.7 Å². The predicted molar refractivity (Wildman–Crippen MR) is 71.0 cm³/mol. The number of hydrogen-bond acceptors (Lipinski definition) is 2. The Kier molecular flexibility index (Phi) is 2.92. The van der Waals surface area contributed by atoms with Crippen molar-refractivity contribution >= 4 is 27.5 Å². The molecule has 1 fully saturated rings. The van der Waals surface area contributed by atoms with Crippen LogP contribution in [0.2, 0.25) is 0 Å². The van der Waals surface area contributed by atoms with Gasteiger partial charge in [0, 0.05) is 16.1 Å². The summed E-state index contributed by atoms with van der Waals surface area (Å²) in [6.45, 7) is 0. The fraction of sp³-hybridized carbons (Fsp3) is 0.333. The summed E-state index contributed by atoms with van der Waals surface area (Å²) in [7, 11) is 0. The first-order valence-corrected chi connectivity index (χ1v) is 6.88. The second kappa shape index (κ2) is 4.42. The van der Waals surface area contributed by atoms with Gasteiger partial charge in [-0.15, -0.1) is 21.8 Å². The van der Waals surface area contributed by atoms with Crippen LogP contribution in [0.3, 0.4) is 0 Å². The third-order valence-corrected chi connectivity index (χ3v) is 3.61. The summed E-state index contributed by atoms with van der Waals surface area (Å²) >= 11 is 9.38. The average Bonchev–Trinajstić information content (AvgIpc) is 3.08. The lowest BCUT2D eigenvalue weighted by atomic mass is 10.2. The van der Waals surface area contributed by atoms with E-state index in [0.29, 0.717) is 11.9 Å². The van der Waals surface area contributed by atoms with Gasteiger partial charge in [-0.05, 0) is 25.0 Å². The number of halogens is 2. The van der Waals surface area contributed by atoms with Gasteiger partial charge < -0.3 is 4.57 Å². The normalized spacial score (nSPS) is 15.2. The van der Waals surface area contributed by atoms with Crippen LogP contribution in [0.5, 0.6) is 0 Å². The predicted octanol–water partition coefficient (Wildman–Crippen LogP) is 3.78. The number of benzene rings is 1. The Morgan fingerprint density at radius 2 is 2.18 bits per heavy atom. The van der Waals surface area contributed by atoms with Crippen molar-refractivity contribution in [3.63, 3.8) is 0 Å². The summed E-state index contributed by atoms with van der Waals surface area (Å²) in [6.07, 6.45) is 2.39. The maximum atomic E-state index is 5.90. The van der Waals surface area contributed by atoms with Crippen molar-refractivity contribution in [3.8, 4) is 11.4 Å². The molecule has 5 heteroatoms. The number of hydrogen-bond donors (Lipinski definition) is 0. The molecule has 17 heavy (non-hydrogen) atoms. The van der Waals surface area contributed by atoms with E-state index in [9.17, 15) is 0 Å². The van der Waals surface area contributed by atoms with Gasteiger partial charge in [0.05, 0.1) is 5.88 Å². The molecule has 88 valence electrons. The van der Waals surface area contributed by atoms with Crippen LogP contribution < -0.4 is 0 Å². The second-order valence-electron chi connectivity index (χ2n) is 4.18. The van der Waals surface area contributed by atoms with Crippen LogP contribution >= 0.6 is 27.5 Å². The third-order valence-electron chi connectivity index (χ3n) is 2.88. The van der Waals surface area contributed by atoms with E-state index in [1.54, 1.807) is 0 Å². The minimum absolute atomic E-state index is 0.414. The van der Waals surface area contributed by atoms with E-state index in [2.05, 4.69) is 36.8 Å². The maximum absolute atomic E-state index is 5.90. The zero-order valence-electron chi connectivity index (χ0n) is 9.11. The van der Waals surface area contributed by atoms with Gasteiger partial charge in [0.2, 0.25) is 0 Å². The highest BCUT2D eigenvalue weighted by atomic mass is 79.9. The largest absolute Gasteiger partial charge is 0.307 e. The van der Waals surface area contributed by atoms with E-state index in [0.717, 1.165) is 21.7 Å². The molecule has 0 aliphatic heterocycles. The average molecular weight is 313 g/mol. The molecule has 0 N–H and O–H groups in total. The van der Waals surface area contributed by atoms with Crippen LogP contribution in [0.25, 0.3) is 11.4 Å². The van der Waals surface area contributed by atoms with Gasteiger partial charge in [0.15, 0.2) is 5.82 Å². The van der Waals surface area contributed by atoms with Crippen LogP contribution in [0.1, 0.15) is 24.7 Å². The summed E-state index contributed by atoms with van der Waals surface area (Å²) in [6, 6.07) is 8.65. The molecule has 0 atom stereocenters. The van der Waals surface area contributed by atoms with E-state index in [1.165, 1.54) is 12.8 Å². The number of nitrogens with zero attached hydrogens (tertiary/aromatic N) is 3. The van der Waals surface area contributed by atoms with E-state index >= 15 is 0 Å². The number of alkyl halides is 1. The van der Waals surface area contributed by atoms with Gasteiger partial charge in [0.25, 0.3) is 0 Å². The minimum atomic E-state index is 0.414. The Morgan fingerprint density at radius 3 is 2.82 bits per heavy atom. The molecule has 1 aliphatic carbocycles. The lowest BCUT2D eigenvalue weighted by molar-refractivity contribution is 0.712. The van der Waals surface area contributed by atoms with Gasteiger partial charge in [0.1, 0.15) is 5.82 Å². The summed E-state index contributed by atoms with van der Waals surface area (Å²) in [5, 5.41) is 8.43. The molecule has 0 saturated heterocycles. The fourth-order valence-electron chi connectivity index (χ4n) is 1.96. The first-order valence-electron chi connectivity index (χ1n) is 5.55. The molecule has 2 aromatic rings. The molecule has 0 unspecified atom stereocenters. The monoisotopic (exact) mass is 311 g/mol. The molecule has 1 aromatic carbocycles. The Balaban J connectivity index is 2.11. The summed E-state index contributed by atoms with van der Waals surface area (Å²) in [4.78, 5) is 0. The summed E-state index contributed by atoms with van der Waals surface area (Å²) < 4.78 is 3.22. The van der Waals surface area contributed by atoms with Crippen molar-refractivity contribution in [1.82, 2.24) is 14.8 Å². The minimum Gasteiger partial charge on any atom is -0.307 e. The standard InChI is InChI=1S/C12H11BrClN3/c13-9-3-1-2-8(6-9)12-16-15-11(7-14)17(12)10-4-5-10/h1-3,6,10H,4-5,7H2. The van der Waals surface area contributed by atoms with E-state index < -0.39 is 0 Å². The van der Waals surface area contributed by atoms with Crippen molar-refractivity contribution in [2.24, 2.45) is 0 Å². The van der Waals surface area contributed by atoms with E-state index in [1.807, 2.05) is 18.2 Å². The van der Waals surface area contributed by atoms with Gasteiger partial charge in [-0.3, -0.25) is 0 Å². The first kappa shape index (κ1) is 11.2. The van der Waals surface area contributed by atoms with Crippen molar-refractivity contribution in [2.45, 2.75) is 24.8 Å². The molecule has 0 amide bonds. The van der Waals surface area contributed by atoms with Crippen molar-refractivity contribution < 1.29 is 0 Å². The highest BCUT2D eigenvalue weighted by Crippen LogP contribution is 2.39. The van der Waals surface area contributed by atoms with Crippen LogP contribution in [0.15, 0.2) is 28.7 Å². The summed E-state index contributed by atoms with van der Waals surface area (Å²) in [5.74, 6) is 2.20. The number of aromatic nitrogens is 3. The van der Waals surface area contributed by atoms with Crippen LogP contribution in [0, 0.1) is 0 Å². The molecule has 0 spiro atoms. The van der Waals surface area contributed by atoms with E-state index in [4.69, 9.17) is 11.6 Å². The number of rotatable bonds is 3. The third kappa shape index (κ3) is 2.11. The molecule has 1 saturated carbocycles. The SMILES string of the molecule is ClCc1nnc(-c2cccc(Br)c2)n1C1CC1. The van der Waals surface area contributed by atoms with E-state index in [-0.39, 0.29) is 0 Å². The first-order chi connectivity index (χ1) is 8.29. The lowest BCUT2D eigenvalue weighted by Gasteiger charge is -2.07. The Bertz CT molecular complexity index is 548. The van der Waals surface area contributed by atoms with Gasteiger partial charge >= 0.3 is 0 Å². The Morgan fingerprint density at radius 1 is 1.35 bits per heavy atom.